The van der Waals surface area contributed by atoms with E-state index < -0.39 is 0 Å². The molecule has 0 aliphatic carbocycles. The third-order valence-electron chi connectivity index (χ3n) is 7.27. The van der Waals surface area contributed by atoms with Crippen LogP contribution in [0.1, 0.15) is 54.2 Å². The second-order valence-electron chi connectivity index (χ2n) is 10.6. The number of carbonyl (C=O) groups is 2. The molecule has 0 saturated carbocycles. The molecule has 1 aliphatic rings. The van der Waals surface area contributed by atoms with Crippen LogP contribution >= 0.6 is 11.3 Å². The molecule has 0 unspecified atom stereocenters. The van der Waals surface area contributed by atoms with Gasteiger partial charge in [-0.15, -0.1) is 11.3 Å². The highest BCUT2D eigenvalue weighted by Crippen LogP contribution is 2.21. The van der Waals surface area contributed by atoms with Crippen LogP contribution in [-0.2, 0) is 17.9 Å². The van der Waals surface area contributed by atoms with Gasteiger partial charge in [-0.1, -0.05) is 38.1 Å². The van der Waals surface area contributed by atoms with Gasteiger partial charge >= 0.3 is 6.03 Å². The third-order valence-corrected chi connectivity index (χ3v) is 8.28. The molecule has 1 saturated heterocycles. The Hall–Kier alpha value is -3.23. The number of hydrogen-bond donors (Lipinski definition) is 1. The van der Waals surface area contributed by atoms with Crippen molar-refractivity contribution >= 4 is 29.0 Å². The minimum absolute atomic E-state index is 0.0324. The summed E-state index contributed by atoms with van der Waals surface area (Å²) in [7, 11) is 0. The molecule has 0 atom stereocenters. The Labute approximate surface area is 235 Å². The molecule has 8 heteroatoms. The van der Waals surface area contributed by atoms with Crippen molar-refractivity contribution in [2.45, 2.75) is 52.6 Å². The zero-order valence-corrected chi connectivity index (χ0v) is 24.0. The van der Waals surface area contributed by atoms with Crippen LogP contribution in [0.4, 0.5) is 14.9 Å². The minimum Gasteiger partial charge on any atom is -0.332 e. The fraction of sp³-hybridized carbons (Fsp3) is 0.419. The van der Waals surface area contributed by atoms with E-state index >= 15 is 0 Å². The molecule has 1 aliphatic heterocycles. The van der Waals surface area contributed by atoms with Crippen molar-refractivity contribution in [2.24, 2.45) is 0 Å². The summed E-state index contributed by atoms with van der Waals surface area (Å²) in [5.74, 6) is -0.0424. The first-order chi connectivity index (χ1) is 18.8. The van der Waals surface area contributed by atoms with Gasteiger partial charge in [0.15, 0.2) is 0 Å². The zero-order valence-electron chi connectivity index (χ0n) is 23.2. The summed E-state index contributed by atoms with van der Waals surface area (Å²) in [6, 6.07) is 15.9. The van der Waals surface area contributed by atoms with Gasteiger partial charge in [0.2, 0.25) is 5.91 Å². The molecule has 1 N–H and O–H groups in total. The zero-order chi connectivity index (χ0) is 27.8. The van der Waals surface area contributed by atoms with Crippen LogP contribution < -0.4 is 5.32 Å². The Bertz CT molecular complexity index is 1220. The first-order valence-electron chi connectivity index (χ1n) is 13.7. The van der Waals surface area contributed by atoms with Crippen molar-refractivity contribution in [1.82, 2.24) is 14.7 Å². The number of hydrogen-bond acceptors (Lipinski definition) is 4. The van der Waals surface area contributed by atoms with Crippen molar-refractivity contribution in [3.8, 4) is 0 Å². The van der Waals surface area contributed by atoms with Crippen molar-refractivity contribution in [1.29, 1.82) is 0 Å². The van der Waals surface area contributed by atoms with Crippen LogP contribution in [0.15, 0.2) is 60.0 Å². The largest absolute Gasteiger partial charge is 0.332 e. The van der Waals surface area contributed by atoms with E-state index in [2.05, 4.69) is 24.1 Å². The number of urea groups is 1. The van der Waals surface area contributed by atoms with E-state index in [1.165, 1.54) is 30.5 Å². The number of halogens is 1. The summed E-state index contributed by atoms with van der Waals surface area (Å²) in [4.78, 5) is 34.0. The van der Waals surface area contributed by atoms with Gasteiger partial charge in [0.05, 0.1) is 6.54 Å². The maximum Gasteiger partial charge on any atom is 0.322 e. The smallest absolute Gasteiger partial charge is 0.322 e. The number of amides is 3. The molecular weight excluding hydrogens is 511 g/mol. The molecule has 0 radical (unpaired) electrons. The monoisotopic (exact) mass is 550 g/mol. The number of benzene rings is 2. The Morgan fingerprint density at radius 3 is 2.28 bits per heavy atom. The van der Waals surface area contributed by atoms with E-state index in [1.54, 1.807) is 33.3 Å². The molecule has 0 spiro atoms. The van der Waals surface area contributed by atoms with Crippen LogP contribution in [0.5, 0.6) is 0 Å². The Balaban J connectivity index is 1.50. The Morgan fingerprint density at radius 1 is 0.974 bits per heavy atom. The summed E-state index contributed by atoms with van der Waals surface area (Å²) >= 11 is 1.61. The van der Waals surface area contributed by atoms with Gasteiger partial charge in [0, 0.05) is 30.2 Å². The number of carbonyl (C=O) groups excluding carboxylic acids is 2. The quantitative estimate of drug-likeness (QED) is 0.297. The topological polar surface area (TPSA) is 55.9 Å². The maximum atomic E-state index is 13.8. The molecule has 0 bridgehead atoms. The molecule has 2 heterocycles. The fourth-order valence-electron chi connectivity index (χ4n) is 4.72. The summed E-state index contributed by atoms with van der Waals surface area (Å²) in [5, 5.41) is 5.02. The van der Waals surface area contributed by atoms with E-state index in [4.69, 9.17) is 0 Å². The number of rotatable bonds is 11. The van der Waals surface area contributed by atoms with Gasteiger partial charge in [0.25, 0.3) is 0 Å². The van der Waals surface area contributed by atoms with Gasteiger partial charge in [-0.2, -0.15) is 0 Å². The summed E-state index contributed by atoms with van der Waals surface area (Å²) < 4.78 is 13.5. The van der Waals surface area contributed by atoms with E-state index in [9.17, 15) is 14.0 Å². The van der Waals surface area contributed by atoms with Crippen molar-refractivity contribution in [3.63, 3.8) is 0 Å². The van der Waals surface area contributed by atoms with Gasteiger partial charge in [-0.25, -0.2) is 9.18 Å². The number of nitrogens with one attached hydrogen (secondary N) is 1. The summed E-state index contributed by atoms with van der Waals surface area (Å²) in [6.45, 7) is 10.3. The van der Waals surface area contributed by atoms with Gasteiger partial charge in [-0.3, -0.25) is 4.79 Å². The molecule has 39 heavy (non-hydrogen) atoms. The van der Waals surface area contributed by atoms with Gasteiger partial charge in [0.1, 0.15) is 12.4 Å². The Morgan fingerprint density at radius 2 is 1.67 bits per heavy atom. The number of likely N-dealkylation sites (tertiary alicyclic amines) is 1. The molecule has 1 fully saturated rings. The van der Waals surface area contributed by atoms with Gasteiger partial charge in [-0.05, 0) is 91.2 Å². The van der Waals surface area contributed by atoms with Crippen LogP contribution in [-0.4, -0.2) is 59.4 Å². The lowest BCUT2D eigenvalue weighted by Gasteiger charge is -2.29. The van der Waals surface area contributed by atoms with Gasteiger partial charge < -0.3 is 20.0 Å². The predicted molar refractivity (Wildman–Crippen MR) is 157 cm³/mol. The van der Waals surface area contributed by atoms with Crippen molar-refractivity contribution in [3.05, 3.63) is 87.4 Å². The number of anilines is 1. The van der Waals surface area contributed by atoms with Crippen LogP contribution in [0.3, 0.4) is 0 Å². The van der Waals surface area contributed by atoms with E-state index in [-0.39, 0.29) is 24.3 Å². The van der Waals surface area contributed by atoms with Crippen LogP contribution in [0.2, 0.25) is 0 Å². The normalized spacial score (nSPS) is 13.6. The number of aryl methyl sites for hydroxylation is 1. The second-order valence-corrected chi connectivity index (χ2v) is 11.6. The average Bonchev–Trinajstić information content (AvgIpc) is 3.59. The van der Waals surface area contributed by atoms with E-state index in [0.29, 0.717) is 31.2 Å². The highest BCUT2D eigenvalue weighted by molar-refractivity contribution is 7.10. The molecule has 6 nitrogen and oxygen atoms in total. The van der Waals surface area contributed by atoms with Crippen LogP contribution in [0.25, 0.3) is 0 Å². The van der Waals surface area contributed by atoms with Crippen LogP contribution in [0, 0.1) is 12.7 Å². The molecular formula is C31H39FN4O2S. The highest BCUT2D eigenvalue weighted by Gasteiger charge is 2.24. The molecule has 2 aromatic carbocycles. The highest BCUT2D eigenvalue weighted by atomic mass is 32.1. The first-order valence-corrected chi connectivity index (χ1v) is 14.6. The first kappa shape index (κ1) is 28.8. The van der Waals surface area contributed by atoms with E-state index in [0.717, 1.165) is 35.6 Å². The molecule has 3 amide bonds. The third kappa shape index (κ3) is 8.38. The minimum atomic E-state index is -0.308. The summed E-state index contributed by atoms with van der Waals surface area (Å²) in [6.07, 6.45) is 2.33. The standard InChI is InChI=1S/C31H39FN4O2S/c1-23(2)26-8-12-28(13-9-26)33-31(38)35(18-17-34-15-4-5-16-34)22-30(37)36(21-29-24(3)14-19-39-29)20-25-6-10-27(32)11-7-25/h6-14,19,23H,4-5,15-18,20-22H2,1-3H3,(H,33,38). The summed E-state index contributed by atoms with van der Waals surface area (Å²) in [5.41, 5.74) is 3.89. The Kier molecular flexibility index (Phi) is 10.1. The SMILES string of the molecule is Cc1ccsc1CN(Cc1ccc(F)cc1)C(=O)CN(CCN1CCCC1)C(=O)Nc1ccc(C(C)C)cc1. The van der Waals surface area contributed by atoms with Crippen molar-refractivity contribution in [2.75, 3.05) is 38.0 Å². The lowest BCUT2D eigenvalue weighted by Crippen LogP contribution is -2.46. The number of nitrogens with zero attached hydrogens (tertiary/aromatic N) is 3. The predicted octanol–water partition coefficient (Wildman–Crippen LogP) is 6.48. The number of thiophene rings is 1. The lowest BCUT2D eigenvalue weighted by atomic mass is 10.0. The molecule has 3 aromatic rings. The maximum absolute atomic E-state index is 13.8. The second kappa shape index (κ2) is 13.7. The lowest BCUT2D eigenvalue weighted by molar-refractivity contribution is -0.133. The molecule has 4 rings (SSSR count). The molecule has 1 aromatic heterocycles. The van der Waals surface area contributed by atoms with Crippen molar-refractivity contribution < 1.29 is 14.0 Å². The molecule has 208 valence electrons. The average molecular weight is 551 g/mol. The fourth-order valence-corrected chi connectivity index (χ4v) is 5.64. The van der Waals surface area contributed by atoms with E-state index in [1.807, 2.05) is 42.6 Å².